The van der Waals surface area contributed by atoms with Gasteiger partial charge in [-0.1, -0.05) is 35.5 Å². The molecule has 1 aliphatic rings. The topological polar surface area (TPSA) is 71.8 Å². The van der Waals surface area contributed by atoms with Crippen molar-refractivity contribution >= 4 is 17.2 Å². The summed E-state index contributed by atoms with van der Waals surface area (Å²) in [5, 5.41) is 17.0. The molecular formula is C21H25N5OS. The predicted molar refractivity (Wildman–Crippen MR) is 111 cm³/mol. The Balaban J connectivity index is 1.50. The van der Waals surface area contributed by atoms with E-state index in [1.54, 1.807) is 17.5 Å². The van der Waals surface area contributed by atoms with Crippen molar-refractivity contribution in [2.75, 3.05) is 13.1 Å². The van der Waals surface area contributed by atoms with Crippen molar-refractivity contribution in [1.29, 1.82) is 0 Å². The molecule has 3 aromatic rings. The van der Waals surface area contributed by atoms with Crippen LogP contribution in [0.2, 0.25) is 0 Å². The number of nitrogens with one attached hydrogen (secondary N) is 2. The second kappa shape index (κ2) is 8.67. The van der Waals surface area contributed by atoms with Crippen LogP contribution < -0.4 is 10.6 Å². The summed E-state index contributed by atoms with van der Waals surface area (Å²) < 4.78 is 1.85. The van der Waals surface area contributed by atoms with Gasteiger partial charge < -0.3 is 10.6 Å². The molecule has 4 rings (SSSR count). The van der Waals surface area contributed by atoms with E-state index in [4.69, 9.17) is 0 Å². The molecule has 1 saturated heterocycles. The third-order valence-electron chi connectivity index (χ3n) is 5.23. The molecule has 1 aliphatic heterocycles. The van der Waals surface area contributed by atoms with Gasteiger partial charge in [-0.3, -0.25) is 4.79 Å². The van der Waals surface area contributed by atoms with Gasteiger partial charge in [-0.05, 0) is 61.8 Å². The van der Waals surface area contributed by atoms with Crippen LogP contribution >= 0.6 is 11.3 Å². The van der Waals surface area contributed by atoms with Crippen molar-refractivity contribution in [3.05, 3.63) is 69.7 Å². The quantitative estimate of drug-likeness (QED) is 0.672. The van der Waals surface area contributed by atoms with Gasteiger partial charge in [0.05, 0.1) is 18.3 Å². The van der Waals surface area contributed by atoms with Crippen LogP contribution in [-0.2, 0) is 6.42 Å². The molecule has 1 fully saturated rings. The van der Waals surface area contributed by atoms with Gasteiger partial charge in [0.25, 0.3) is 5.91 Å². The second-order valence-corrected chi connectivity index (χ2v) is 8.20. The number of benzene rings is 1. The molecule has 1 aromatic carbocycles. The van der Waals surface area contributed by atoms with Crippen LogP contribution in [0.25, 0.3) is 0 Å². The number of nitrogens with zero attached hydrogens (tertiary/aromatic N) is 3. The van der Waals surface area contributed by atoms with E-state index < -0.39 is 0 Å². The summed E-state index contributed by atoms with van der Waals surface area (Å²) in [5.41, 5.74) is 2.77. The highest BCUT2D eigenvalue weighted by Gasteiger charge is 2.23. The van der Waals surface area contributed by atoms with E-state index in [-0.39, 0.29) is 11.9 Å². The summed E-state index contributed by atoms with van der Waals surface area (Å²) in [6.45, 7) is 4.04. The number of amides is 1. The maximum Gasteiger partial charge on any atom is 0.273 e. The first-order valence-corrected chi connectivity index (χ1v) is 10.6. The Morgan fingerprint density at radius 1 is 1.29 bits per heavy atom. The predicted octanol–water partition coefficient (Wildman–Crippen LogP) is 3.29. The Morgan fingerprint density at radius 2 is 2.07 bits per heavy atom. The Kier molecular flexibility index (Phi) is 5.83. The van der Waals surface area contributed by atoms with Crippen LogP contribution in [0.4, 0.5) is 0 Å². The molecule has 0 spiro atoms. The first kappa shape index (κ1) is 18.8. The third kappa shape index (κ3) is 4.31. The maximum absolute atomic E-state index is 12.9. The molecular weight excluding hydrogens is 370 g/mol. The van der Waals surface area contributed by atoms with E-state index in [0.29, 0.717) is 11.7 Å². The Bertz CT molecular complexity index is 914. The number of hydrogen-bond donors (Lipinski definition) is 2. The van der Waals surface area contributed by atoms with Crippen LogP contribution in [0.5, 0.6) is 0 Å². The molecule has 0 bridgehead atoms. The van der Waals surface area contributed by atoms with Crippen molar-refractivity contribution in [3.63, 3.8) is 0 Å². The molecule has 146 valence electrons. The van der Waals surface area contributed by atoms with Crippen LogP contribution in [0, 0.1) is 6.92 Å². The van der Waals surface area contributed by atoms with Crippen molar-refractivity contribution in [2.45, 2.75) is 38.3 Å². The standard InChI is InChI=1S/C21H25N5OS/c1-15-9-12-28-20(15)18(13-16-5-3-2-4-6-16)23-21(27)19-14-26(25-24-19)17-7-10-22-11-8-17/h2-6,9,12,14,17-18,22H,7-8,10-11,13H2,1H3,(H,23,27). The first-order valence-electron chi connectivity index (χ1n) is 9.72. The van der Waals surface area contributed by atoms with Crippen molar-refractivity contribution in [3.8, 4) is 0 Å². The van der Waals surface area contributed by atoms with E-state index in [0.717, 1.165) is 32.4 Å². The molecule has 0 saturated carbocycles. The number of piperidine rings is 1. The van der Waals surface area contributed by atoms with Gasteiger partial charge in [-0.2, -0.15) is 0 Å². The normalized spacial score (nSPS) is 16.0. The van der Waals surface area contributed by atoms with Gasteiger partial charge in [0, 0.05) is 4.88 Å². The number of thiophene rings is 1. The zero-order valence-electron chi connectivity index (χ0n) is 16.0. The Labute approximate surface area is 169 Å². The number of aryl methyl sites for hydroxylation is 1. The summed E-state index contributed by atoms with van der Waals surface area (Å²) in [4.78, 5) is 14.1. The highest BCUT2D eigenvalue weighted by Crippen LogP contribution is 2.27. The average Bonchev–Trinajstić information content (AvgIpc) is 3.38. The van der Waals surface area contributed by atoms with E-state index in [1.807, 2.05) is 22.9 Å². The number of carbonyl (C=O) groups excluding carboxylic acids is 1. The fourth-order valence-electron chi connectivity index (χ4n) is 3.66. The minimum Gasteiger partial charge on any atom is -0.343 e. The van der Waals surface area contributed by atoms with Gasteiger partial charge in [-0.25, -0.2) is 4.68 Å². The van der Waals surface area contributed by atoms with Crippen LogP contribution in [0.15, 0.2) is 48.0 Å². The smallest absolute Gasteiger partial charge is 0.273 e. The lowest BCUT2D eigenvalue weighted by Gasteiger charge is -2.22. The first-order chi connectivity index (χ1) is 13.7. The van der Waals surface area contributed by atoms with Crippen LogP contribution in [0.1, 0.15) is 51.4 Å². The van der Waals surface area contributed by atoms with Crippen LogP contribution in [0.3, 0.4) is 0 Å². The second-order valence-electron chi connectivity index (χ2n) is 7.25. The largest absolute Gasteiger partial charge is 0.343 e. The lowest BCUT2D eigenvalue weighted by Crippen LogP contribution is -2.30. The minimum absolute atomic E-state index is 0.0843. The van der Waals surface area contributed by atoms with E-state index in [9.17, 15) is 4.79 Å². The van der Waals surface area contributed by atoms with Gasteiger partial charge in [-0.15, -0.1) is 16.4 Å². The summed E-state index contributed by atoms with van der Waals surface area (Å²) in [7, 11) is 0. The number of rotatable bonds is 6. The molecule has 7 heteroatoms. The summed E-state index contributed by atoms with van der Waals surface area (Å²) >= 11 is 1.68. The molecule has 0 aliphatic carbocycles. The SMILES string of the molecule is Cc1ccsc1C(Cc1ccccc1)NC(=O)c1cn(C2CCNCC2)nn1. The van der Waals surface area contributed by atoms with Gasteiger partial charge in [0.1, 0.15) is 0 Å². The fourth-order valence-corrected chi connectivity index (χ4v) is 4.64. The maximum atomic E-state index is 12.9. The Morgan fingerprint density at radius 3 is 2.79 bits per heavy atom. The lowest BCUT2D eigenvalue weighted by molar-refractivity contribution is 0.0932. The third-order valence-corrected chi connectivity index (χ3v) is 6.36. The molecule has 2 N–H and O–H groups in total. The van der Waals surface area contributed by atoms with Crippen molar-refractivity contribution < 1.29 is 4.79 Å². The number of hydrogen-bond acceptors (Lipinski definition) is 5. The van der Waals surface area contributed by atoms with Gasteiger partial charge >= 0.3 is 0 Å². The highest BCUT2D eigenvalue weighted by molar-refractivity contribution is 7.10. The molecule has 3 heterocycles. The molecule has 6 nitrogen and oxygen atoms in total. The summed E-state index contributed by atoms with van der Waals surface area (Å²) in [6.07, 6.45) is 4.55. The number of aromatic nitrogens is 3. The highest BCUT2D eigenvalue weighted by atomic mass is 32.1. The van der Waals surface area contributed by atoms with Gasteiger partial charge in [0.15, 0.2) is 5.69 Å². The van der Waals surface area contributed by atoms with Crippen molar-refractivity contribution in [1.82, 2.24) is 25.6 Å². The summed E-state index contributed by atoms with van der Waals surface area (Å²) in [5.74, 6) is -0.172. The molecule has 2 aromatic heterocycles. The molecule has 1 atom stereocenters. The molecule has 1 amide bonds. The van der Waals surface area contributed by atoms with E-state index in [1.165, 1.54) is 16.0 Å². The molecule has 28 heavy (non-hydrogen) atoms. The minimum atomic E-state index is -0.172. The summed E-state index contributed by atoms with van der Waals surface area (Å²) in [6, 6.07) is 12.6. The zero-order valence-corrected chi connectivity index (χ0v) is 16.8. The molecule has 0 radical (unpaired) electrons. The zero-order chi connectivity index (χ0) is 19.3. The molecule has 1 unspecified atom stereocenters. The van der Waals surface area contributed by atoms with Crippen LogP contribution in [-0.4, -0.2) is 34.0 Å². The average molecular weight is 396 g/mol. The van der Waals surface area contributed by atoms with Crippen molar-refractivity contribution in [2.24, 2.45) is 0 Å². The van der Waals surface area contributed by atoms with E-state index >= 15 is 0 Å². The van der Waals surface area contributed by atoms with E-state index in [2.05, 4.69) is 51.4 Å². The monoisotopic (exact) mass is 395 g/mol. The lowest BCUT2D eigenvalue weighted by atomic mass is 10.0. The number of carbonyl (C=O) groups is 1. The van der Waals surface area contributed by atoms with Gasteiger partial charge in [0.2, 0.25) is 0 Å². The fraction of sp³-hybridized carbons (Fsp3) is 0.381. The Hall–Kier alpha value is -2.51.